The van der Waals surface area contributed by atoms with Gasteiger partial charge in [0, 0.05) is 37.1 Å². The third-order valence-electron chi connectivity index (χ3n) is 5.02. The van der Waals surface area contributed by atoms with Gasteiger partial charge in [-0.2, -0.15) is 4.31 Å². The van der Waals surface area contributed by atoms with Crippen molar-refractivity contribution in [1.82, 2.24) is 14.2 Å². The van der Waals surface area contributed by atoms with Crippen LogP contribution in [0, 0.1) is 11.6 Å². The lowest BCUT2D eigenvalue weighted by Gasteiger charge is -2.21. The highest BCUT2D eigenvalue weighted by molar-refractivity contribution is 7.89. The Balaban J connectivity index is 1.47. The first-order valence-electron chi connectivity index (χ1n) is 9.62. The van der Waals surface area contributed by atoms with Crippen LogP contribution in [0.1, 0.15) is 16.9 Å². The van der Waals surface area contributed by atoms with Crippen LogP contribution in [0.25, 0.3) is 10.6 Å². The quantitative estimate of drug-likeness (QED) is 0.593. The minimum Gasteiger partial charge on any atom is -0.336 e. The van der Waals surface area contributed by atoms with Crippen molar-refractivity contribution in [3.05, 3.63) is 71.2 Å². The third-order valence-corrected chi connectivity index (χ3v) is 7.81. The van der Waals surface area contributed by atoms with Gasteiger partial charge in [0.15, 0.2) is 0 Å². The molecule has 0 radical (unpaired) electrons. The lowest BCUT2D eigenvalue weighted by atomic mass is 10.2. The molecule has 1 aliphatic rings. The molecule has 2 aromatic carbocycles. The number of hydrogen-bond donors (Lipinski definition) is 0. The average Bonchev–Trinajstić information content (AvgIpc) is 3.10. The topological polar surface area (TPSA) is 70.6 Å². The molecule has 31 heavy (non-hydrogen) atoms. The second kappa shape index (κ2) is 8.81. The van der Waals surface area contributed by atoms with Crippen molar-refractivity contribution in [2.45, 2.75) is 11.3 Å². The Bertz CT molecular complexity index is 1200. The highest BCUT2D eigenvalue weighted by Gasteiger charge is 2.29. The summed E-state index contributed by atoms with van der Waals surface area (Å²) < 4.78 is 54.1. The summed E-state index contributed by atoms with van der Waals surface area (Å²) in [6.45, 7) is 0.948. The van der Waals surface area contributed by atoms with Crippen molar-refractivity contribution in [2.75, 3.05) is 26.2 Å². The SMILES string of the molecule is O=C(c1csc(-c2ccccc2F)n1)N1CCCN(S(=O)(=O)c2ccc(F)cc2)CC1. The average molecular weight is 464 g/mol. The molecule has 0 saturated carbocycles. The lowest BCUT2D eigenvalue weighted by Crippen LogP contribution is -2.37. The summed E-state index contributed by atoms with van der Waals surface area (Å²) in [4.78, 5) is 18.8. The van der Waals surface area contributed by atoms with E-state index >= 15 is 0 Å². The Labute approximate surface area is 182 Å². The highest BCUT2D eigenvalue weighted by atomic mass is 32.2. The number of aromatic nitrogens is 1. The van der Waals surface area contributed by atoms with Gasteiger partial charge in [-0.15, -0.1) is 11.3 Å². The van der Waals surface area contributed by atoms with Gasteiger partial charge in [0.1, 0.15) is 22.3 Å². The maximum atomic E-state index is 14.0. The zero-order valence-corrected chi connectivity index (χ0v) is 18.0. The molecule has 1 aliphatic heterocycles. The second-order valence-corrected chi connectivity index (χ2v) is 9.82. The molecular weight excluding hydrogens is 444 g/mol. The minimum atomic E-state index is -3.78. The van der Waals surface area contributed by atoms with E-state index in [9.17, 15) is 22.0 Å². The fourth-order valence-corrected chi connectivity index (χ4v) is 5.68. The molecule has 1 aromatic heterocycles. The van der Waals surface area contributed by atoms with Crippen LogP contribution < -0.4 is 0 Å². The smallest absolute Gasteiger partial charge is 0.273 e. The molecule has 1 fully saturated rings. The number of thiazole rings is 1. The second-order valence-electron chi connectivity index (χ2n) is 7.02. The number of benzene rings is 2. The van der Waals surface area contributed by atoms with Crippen LogP contribution in [0.5, 0.6) is 0 Å². The van der Waals surface area contributed by atoms with Gasteiger partial charge in [-0.25, -0.2) is 22.2 Å². The summed E-state index contributed by atoms with van der Waals surface area (Å²) in [7, 11) is -3.78. The molecule has 10 heteroatoms. The molecule has 0 bridgehead atoms. The van der Waals surface area contributed by atoms with Gasteiger partial charge in [-0.05, 0) is 42.8 Å². The van der Waals surface area contributed by atoms with Crippen LogP contribution in [0.4, 0.5) is 8.78 Å². The Kier molecular flexibility index (Phi) is 6.12. The fourth-order valence-electron chi connectivity index (χ4n) is 3.39. The summed E-state index contributed by atoms with van der Waals surface area (Å²) in [6, 6.07) is 10.9. The van der Waals surface area contributed by atoms with Crippen molar-refractivity contribution < 1.29 is 22.0 Å². The Morgan fingerprint density at radius 2 is 1.71 bits per heavy atom. The van der Waals surface area contributed by atoms with Crippen molar-refractivity contribution in [3.63, 3.8) is 0 Å². The number of carbonyl (C=O) groups is 1. The van der Waals surface area contributed by atoms with Crippen molar-refractivity contribution >= 4 is 27.3 Å². The van der Waals surface area contributed by atoms with E-state index in [0.29, 0.717) is 23.5 Å². The molecule has 0 spiro atoms. The van der Waals surface area contributed by atoms with E-state index in [4.69, 9.17) is 0 Å². The zero-order chi connectivity index (χ0) is 22.0. The van der Waals surface area contributed by atoms with Crippen LogP contribution in [0.3, 0.4) is 0 Å². The molecule has 0 N–H and O–H groups in total. The third kappa shape index (κ3) is 4.51. The summed E-state index contributed by atoms with van der Waals surface area (Å²) in [5.41, 5.74) is 0.539. The molecule has 3 aromatic rings. The number of halogens is 2. The van der Waals surface area contributed by atoms with Gasteiger partial charge in [0.2, 0.25) is 10.0 Å². The first kappa shape index (κ1) is 21.5. The number of amides is 1. The monoisotopic (exact) mass is 463 g/mol. The van der Waals surface area contributed by atoms with Gasteiger partial charge >= 0.3 is 0 Å². The van der Waals surface area contributed by atoms with E-state index in [2.05, 4.69) is 4.98 Å². The fraction of sp³-hybridized carbons (Fsp3) is 0.238. The molecule has 2 heterocycles. The summed E-state index contributed by atoms with van der Waals surface area (Å²) >= 11 is 1.18. The number of carbonyl (C=O) groups excluding carboxylic acids is 1. The van der Waals surface area contributed by atoms with Crippen LogP contribution in [0.2, 0.25) is 0 Å². The molecule has 0 unspecified atom stereocenters. The van der Waals surface area contributed by atoms with E-state index in [1.807, 2.05) is 0 Å². The molecule has 0 aliphatic carbocycles. The Morgan fingerprint density at radius 3 is 2.45 bits per heavy atom. The van der Waals surface area contributed by atoms with E-state index in [0.717, 1.165) is 12.1 Å². The zero-order valence-electron chi connectivity index (χ0n) is 16.4. The van der Waals surface area contributed by atoms with E-state index < -0.39 is 21.7 Å². The van der Waals surface area contributed by atoms with Crippen LogP contribution in [-0.2, 0) is 10.0 Å². The molecule has 6 nitrogen and oxygen atoms in total. The van der Waals surface area contributed by atoms with Crippen molar-refractivity contribution in [3.8, 4) is 10.6 Å². The molecule has 0 atom stereocenters. The van der Waals surface area contributed by atoms with Crippen LogP contribution >= 0.6 is 11.3 Å². The maximum Gasteiger partial charge on any atom is 0.273 e. The van der Waals surface area contributed by atoms with Gasteiger partial charge in [0.25, 0.3) is 5.91 Å². The predicted molar refractivity (Wildman–Crippen MR) is 113 cm³/mol. The molecule has 1 saturated heterocycles. The number of hydrogen-bond acceptors (Lipinski definition) is 5. The molecule has 162 valence electrons. The highest BCUT2D eigenvalue weighted by Crippen LogP contribution is 2.27. The lowest BCUT2D eigenvalue weighted by molar-refractivity contribution is 0.0759. The number of rotatable bonds is 4. The summed E-state index contributed by atoms with van der Waals surface area (Å²) in [5.74, 6) is -1.24. The van der Waals surface area contributed by atoms with Gasteiger partial charge < -0.3 is 4.90 Å². The first-order chi connectivity index (χ1) is 14.9. The molecular formula is C21H19F2N3O3S2. The minimum absolute atomic E-state index is 0.0164. The Morgan fingerprint density at radius 1 is 0.968 bits per heavy atom. The van der Waals surface area contributed by atoms with Crippen LogP contribution in [-0.4, -0.2) is 54.7 Å². The predicted octanol–water partition coefficient (Wildman–Crippen LogP) is 3.63. The first-order valence-corrected chi connectivity index (χ1v) is 11.9. The molecule has 1 amide bonds. The normalized spacial score (nSPS) is 15.6. The standard InChI is InChI=1S/C21H19F2N3O3S2/c22-15-6-8-16(9-7-15)31(28,29)26-11-3-10-25(12-13-26)21(27)19-14-30-20(24-19)17-4-1-2-5-18(17)23/h1-2,4-9,14H,3,10-13H2. The van der Waals surface area contributed by atoms with Crippen molar-refractivity contribution in [2.24, 2.45) is 0 Å². The van der Waals surface area contributed by atoms with E-state index in [-0.39, 0.29) is 36.1 Å². The van der Waals surface area contributed by atoms with Gasteiger partial charge in [-0.1, -0.05) is 12.1 Å². The number of sulfonamides is 1. The van der Waals surface area contributed by atoms with Crippen LogP contribution in [0.15, 0.2) is 58.8 Å². The van der Waals surface area contributed by atoms with Gasteiger partial charge in [0.05, 0.1) is 4.90 Å². The summed E-state index contributed by atoms with van der Waals surface area (Å²) in [5, 5.41) is 2.00. The Hall–Kier alpha value is -2.69. The molecule has 4 rings (SSSR count). The van der Waals surface area contributed by atoms with Gasteiger partial charge in [-0.3, -0.25) is 4.79 Å². The van der Waals surface area contributed by atoms with Crippen molar-refractivity contribution in [1.29, 1.82) is 0 Å². The van der Waals surface area contributed by atoms with E-state index in [1.165, 1.54) is 33.8 Å². The number of nitrogens with zero attached hydrogens (tertiary/aromatic N) is 3. The summed E-state index contributed by atoms with van der Waals surface area (Å²) in [6.07, 6.45) is 0.455. The van der Waals surface area contributed by atoms with E-state index in [1.54, 1.807) is 28.5 Å². The largest absolute Gasteiger partial charge is 0.336 e. The maximum absolute atomic E-state index is 14.0.